The summed E-state index contributed by atoms with van der Waals surface area (Å²) in [6, 6.07) is 3.09. The van der Waals surface area contributed by atoms with Gasteiger partial charge in [0.05, 0.1) is 13.2 Å². The molecular formula is C12H20N2O3. The normalized spacial score (nSPS) is 10.6. The Bertz CT molecular complexity index is 376. The number of aromatic nitrogens is 1. The molecule has 1 aromatic rings. The first kappa shape index (κ1) is 13.7. The fourth-order valence-corrected chi connectivity index (χ4v) is 1.43. The molecule has 96 valence electrons. The third-order valence-electron chi connectivity index (χ3n) is 2.27. The lowest BCUT2D eigenvalue weighted by atomic mass is 10.4. The van der Waals surface area contributed by atoms with E-state index in [1.54, 1.807) is 16.8 Å². The van der Waals surface area contributed by atoms with Crippen LogP contribution in [0.15, 0.2) is 23.1 Å². The lowest BCUT2D eigenvalue weighted by Gasteiger charge is -2.07. The topological polar surface area (TPSA) is 66.5 Å². The first-order valence-electron chi connectivity index (χ1n) is 5.85. The Morgan fingerprint density at radius 3 is 2.76 bits per heavy atom. The van der Waals surface area contributed by atoms with Gasteiger partial charge in [-0.05, 0) is 19.4 Å². The van der Waals surface area contributed by atoms with Crippen molar-refractivity contribution in [2.24, 2.45) is 0 Å². The average Bonchev–Trinajstić information content (AvgIpc) is 2.32. The highest BCUT2D eigenvalue weighted by atomic mass is 16.5. The summed E-state index contributed by atoms with van der Waals surface area (Å²) < 4.78 is 12.1. The number of hydrogen-bond donors (Lipinski definition) is 1. The van der Waals surface area contributed by atoms with Gasteiger partial charge in [-0.3, -0.25) is 4.79 Å². The van der Waals surface area contributed by atoms with E-state index in [2.05, 4.69) is 0 Å². The monoisotopic (exact) mass is 240 g/mol. The Hall–Kier alpha value is -1.33. The van der Waals surface area contributed by atoms with Crippen LogP contribution in [0.2, 0.25) is 0 Å². The predicted octanol–water partition coefficient (Wildman–Crippen LogP) is 0.874. The molecule has 5 heteroatoms. The van der Waals surface area contributed by atoms with Crippen LogP contribution < -0.4 is 11.3 Å². The first-order chi connectivity index (χ1) is 8.24. The molecule has 2 N–H and O–H groups in total. The molecule has 0 radical (unpaired) electrons. The van der Waals surface area contributed by atoms with E-state index in [0.717, 1.165) is 6.42 Å². The third-order valence-corrected chi connectivity index (χ3v) is 2.27. The van der Waals surface area contributed by atoms with Crippen LogP contribution >= 0.6 is 0 Å². The van der Waals surface area contributed by atoms with E-state index in [9.17, 15) is 4.79 Å². The van der Waals surface area contributed by atoms with Crippen LogP contribution in [-0.2, 0) is 16.0 Å². The van der Waals surface area contributed by atoms with Crippen molar-refractivity contribution in [1.82, 2.24) is 4.57 Å². The van der Waals surface area contributed by atoms with Gasteiger partial charge in [0.2, 0.25) is 0 Å². The minimum Gasteiger partial charge on any atom is -0.398 e. The van der Waals surface area contributed by atoms with E-state index in [1.807, 2.05) is 6.92 Å². The molecule has 0 spiro atoms. The highest BCUT2D eigenvalue weighted by Crippen LogP contribution is 1.97. The van der Waals surface area contributed by atoms with Crippen molar-refractivity contribution < 1.29 is 9.47 Å². The summed E-state index contributed by atoms with van der Waals surface area (Å²) in [5.41, 5.74) is 6.17. The Morgan fingerprint density at radius 1 is 1.24 bits per heavy atom. The summed E-state index contributed by atoms with van der Waals surface area (Å²) in [6.45, 7) is 5.12. The van der Waals surface area contributed by atoms with Gasteiger partial charge in [0.25, 0.3) is 5.56 Å². The summed E-state index contributed by atoms with van der Waals surface area (Å²) in [4.78, 5) is 11.4. The second-order valence-corrected chi connectivity index (χ2v) is 3.66. The van der Waals surface area contributed by atoms with Gasteiger partial charge in [-0.2, -0.15) is 0 Å². The molecule has 0 saturated carbocycles. The van der Waals surface area contributed by atoms with Crippen molar-refractivity contribution in [3.05, 3.63) is 28.7 Å². The van der Waals surface area contributed by atoms with Crippen LogP contribution in [0.4, 0.5) is 5.69 Å². The third kappa shape index (κ3) is 5.51. The smallest absolute Gasteiger partial charge is 0.250 e. The molecule has 1 heterocycles. The van der Waals surface area contributed by atoms with Crippen LogP contribution in [0, 0.1) is 0 Å². The summed E-state index contributed by atoms with van der Waals surface area (Å²) in [6.07, 6.45) is 2.44. The number of nitrogens with zero attached hydrogens (tertiary/aromatic N) is 1. The van der Waals surface area contributed by atoms with E-state index >= 15 is 0 Å². The first-order valence-corrected chi connectivity index (χ1v) is 5.85. The number of ether oxygens (including phenoxy) is 2. The minimum atomic E-state index is -0.0338. The number of pyridine rings is 1. The van der Waals surface area contributed by atoms with Crippen molar-refractivity contribution in [2.45, 2.75) is 19.9 Å². The quantitative estimate of drug-likeness (QED) is 0.685. The molecule has 0 unspecified atom stereocenters. The van der Waals surface area contributed by atoms with Crippen molar-refractivity contribution in [2.75, 3.05) is 32.2 Å². The van der Waals surface area contributed by atoms with Crippen molar-refractivity contribution >= 4 is 5.69 Å². The molecule has 0 amide bonds. The van der Waals surface area contributed by atoms with Gasteiger partial charge < -0.3 is 19.8 Å². The zero-order valence-corrected chi connectivity index (χ0v) is 10.2. The zero-order chi connectivity index (χ0) is 12.5. The molecule has 0 aliphatic carbocycles. The summed E-state index contributed by atoms with van der Waals surface area (Å²) in [7, 11) is 0. The van der Waals surface area contributed by atoms with Gasteiger partial charge in [0, 0.05) is 37.7 Å². The lowest BCUT2D eigenvalue weighted by molar-refractivity contribution is 0.0508. The highest BCUT2D eigenvalue weighted by Gasteiger charge is 1.96. The largest absolute Gasteiger partial charge is 0.398 e. The van der Waals surface area contributed by atoms with Gasteiger partial charge >= 0.3 is 0 Å². The summed E-state index contributed by atoms with van der Waals surface area (Å²) >= 11 is 0. The van der Waals surface area contributed by atoms with Crippen LogP contribution in [0.25, 0.3) is 0 Å². The molecule has 0 aliphatic heterocycles. The van der Waals surface area contributed by atoms with E-state index < -0.39 is 0 Å². The lowest BCUT2D eigenvalue weighted by Crippen LogP contribution is -2.19. The van der Waals surface area contributed by atoms with Gasteiger partial charge in [-0.15, -0.1) is 0 Å². The van der Waals surface area contributed by atoms with Gasteiger partial charge in [0.15, 0.2) is 0 Å². The fraction of sp³-hybridized carbons (Fsp3) is 0.583. The number of aryl methyl sites for hydroxylation is 1. The Balaban J connectivity index is 2.18. The van der Waals surface area contributed by atoms with E-state index in [4.69, 9.17) is 15.2 Å². The molecule has 1 rings (SSSR count). The van der Waals surface area contributed by atoms with Crippen LogP contribution in [0.3, 0.4) is 0 Å². The van der Waals surface area contributed by atoms with Crippen molar-refractivity contribution in [1.29, 1.82) is 0 Å². The summed E-state index contributed by atoms with van der Waals surface area (Å²) in [5, 5.41) is 0. The number of nitrogens with two attached hydrogens (primary N) is 1. The maximum atomic E-state index is 11.4. The molecule has 0 atom stereocenters. The molecule has 17 heavy (non-hydrogen) atoms. The van der Waals surface area contributed by atoms with Crippen LogP contribution in [-0.4, -0.2) is 31.0 Å². The van der Waals surface area contributed by atoms with Gasteiger partial charge in [0.1, 0.15) is 0 Å². The van der Waals surface area contributed by atoms with Crippen molar-refractivity contribution in [3.8, 4) is 0 Å². The van der Waals surface area contributed by atoms with Crippen LogP contribution in [0.5, 0.6) is 0 Å². The SMILES string of the molecule is CCOCCOCCCn1cc(N)ccc1=O. The van der Waals surface area contributed by atoms with Gasteiger partial charge in [-0.25, -0.2) is 0 Å². The maximum Gasteiger partial charge on any atom is 0.250 e. The van der Waals surface area contributed by atoms with E-state index in [0.29, 0.717) is 38.7 Å². The number of anilines is 1. The number of hydrogen-bond acceptors (Lipinski definition) is 4. The summed E-state index contributed by atoms with van der Waals surface area (Å²) in [5.74, 6) is 0. The second-order valence-electron chi connectivity index (χ2n) is 3.66. The molecule has 0 aliphatic rings. The Kier molecular flexibility index (Phi) is 6.35. The van der Waals surface area contributed by atoms with Crippen LogP contribution in [0.1, 0.15) is 13.3 Å². The zero-order valence-electron chi connectivity index (χ0n) is 10.2. The molecule has 0 aromatic carbocycles. The van der Waals surface area contributed by atoms with E-state index in [-0.39, 0.29) is 5.56 Å². The van der Waals surface area contributed by atoms with Gasteiger partial charge in [-0.1, -0.05) is 0 Å². The number of nitrogen functional groups attached to an aromatic ring is 1. The number of rotatable bonds is 8. The fourth-order valence-electron chi connectivity index (χ4n) is 1.43. The Morgan fingerprint density at radius 2 is 2.00 bits per heavy atom. The molecule has 0 saturated heterocycles. The molecule has 1 aromatic heterocycles. The predicted molar refractivity (Wildman–Crippen MR) is 67.0 cm³/mol. The standard InChI is InChI=1S/C12H20N2O3/c1-2-16-8-9-17-7-3-6-14-10-11(13)4-5-12(14)15/h4-5,10H,2-3,6-9,13H2,1H3. The molecule has 5 nitrogen and oxygen atoms in total. The molecule has 0 fully saturated rings. The second kappa shape index (κ2) is 7.86. The average molecular weight is 240 g/mol. The van der Waals surface area contributed by atoms with E-state index in [1.165, 1.54) is 6.07 Å². The van der Waals surface area contributed by atoms with Crippen molar-refractivity contribution in [3.63, 3.8) is 0 Å². The molecule has 0 bridgehead atoms. The Labute approximate surface area is 101 Å². The molecular weight excluding hydrogens is 220 g/mol. The maximum absolute atomic E-state index is 11.4. The highest BCUT2D eigenvalue weighted by molar-refractivity contribution is 5.33. The minimum absolute atomic E-state index is 0.0338.